The van der Waals surface area contributed by atoms with E-state index in [0.717, 1.165) is 0 Å². The maximum Gasteiger partial charge on any atom is 0.236 e. The third-order valence-corrected chi connectivity index (χ3v) is 2.21. The van der Waals surface area contributed by atoms with E-state index < -0.39 is 5.54 Å². The SMILES string of the molecule is C#CC(C)(C)NCC(=O)N(C)C(C)C. The Morgan fingerprint density at radius 3 is 2.43 bits per heavy atom. The van der Waals surface area contributed by atoms with Gasteiger partial charge in [-0.2, -0.15) is 0 Å². The van der Waals surface area contributed by atoms with Crippen molar-refractivity contribution in [3.05, 3.63) is 0 Å². The minimum Gasteiger partial charge on any atom is -0.342 e. The largest absolute Gasteiger partial charge is 0.342 e. The minimum absolute atomic E-state index is 0.0586. The molecule has 0 rings (SSSR count). The fourth-order valence-corrected chi connectivity index (χ4v) is 0.760. The quantitative estimate of drug-likeness (QED) is 0.676. The van der Waals surface area contributed by atoms with Gasteiger partial charge in [0.05, 0.1) is 12.1 Å². The number of carbonyl (C=O) groups is 1. The summed E-state index contributed by atoms with van der Waals surface area (Å²) in [6.07, 6.45) is 5.29. The van der Waals surface area contributed by atoms with Gasteiger partial charge in [0.25, 0.3) is 0 Å². The van der Waals surface area contributed by atoms with Crippen molar-refractivity contribution < 1.29 is 4.79 Å². The van der Waals surface area contributed by atoms with E-state index in [1.54, 1.807) is 11.9 Å². The fourth-order valence-electron chi connectivity index (χ4n) is 0.760. The number of likely N-dealkylation sites (N-methyl/N-ethyl adjacent to an activating group) is 1. The molecule has 0 unspecified atom stereocenters. The lowest BCUT2D eigenvalue weighted by Crippen LogP contribution is -2.46. The van der Waals surface area contributed by atoms with Gasteiger partial charge in [0, 0.05) is 13.1 Å². The number of carbonyl (C=O) groups excluding carboxylic acids is 1. The van der Waals surface area contributed by atoms with Crippen molar-refractivity contribution >= 4 is 5.91 Å². The van der Waals surface area contributed by atoms with Gasteiger partial charge in [-0.1, -0.05) is 5.92 Å². The molecular formula is C11H20N2O. The molecule has 14 heavy (non-hydrogen) atoms. The van der Waals surface area contributed by atoms with Crippen LogP contribution in [0, 0.1) is 12.3 Å². The molecule has 0 aromatic carbocycles. The zero-order valence-corrected chi connectivity index (χ0v) is 9.72. The monoisotopic (exact) mass is 196 g/mol. The predicted molar refractivity (Wildman–Crippen MR) is 58.8 cm³/mol. The Balaban J connectivity index is 4.05. The summed E-state index contributed by atoms with van der Waals surface area (Å²) in [7, 11) is 1.79. The second-order valence-corrected chi connectivity index (χ2v) is 4.22. The van der Waals surface area contributed by atoms with Gasteiger partial charge in [0.15, 0.2) is 0 Å². The Morgan fingerprint density at radius 2 is 2.07 bits per heavy atom. The molecule has 1 amide bonds. The molecule has 0 saturated heterocycles. The van der Waals surface area contributed by atoms with Gasteiger partial charge < -0.3 is 4.90 Å². The van der Waals surface area contributed by atoms with Crippen LogP contribution in [0.25, 0.3) is 0 Å². The van der Waals surface area contributed by atoms with Gasteiger partial charge >= 0.3 is 0 Å². The molecule has 0 aliphatic carbocycles. The van der Waals surface area contributed by atoms with E-state index in [-0.39, 0.29) is 18.5 Å². The molecule has 0 spiro atoms. The number of amides is 1. The molecule has 0 fully saturated rings. The molecule has 0 bridgehead atoms. The van der Waals surface area contributed by atoms with E-state index in [9.17, 15) is 4.79 Å². The molecule has 80 valence electrons. The van der Waals surface area contributed by atoms with Crippen molar-refractivity contribution in [1.29, 1.82) is 0 Å². The Kier molecular flexibility index (Phi) is 4.65. The normalized spacial score (nSPS) is 11.2. The van der Waals surface area contributed by atoms with Crippen molar-refractivity contribution in [2.45, 2.75) is 39.3 Å². The van der Waals surface area contributed by atoms with Gasteiger partial charge in [-0.05, 0) is 27.7 Å². The van der Waals surface area contributed by atoms with Crippen molar-refractivity contribution in [2.24, 2.45) is 0 Å². The Bertz CT molecular complexity index is 238. The molecule has 0 saturated carbocycles. The van der Waals surface area contributed by atoms with Crippen LogP contribution in [0.2, 0.25) is 0 Å². The summed E-state index contributed by atoms with van der Waals surface area (Å²) in [5.41, 5.74) is -0.423. The molecule has 3 heteroatoms. The molecule has 0 radical (unpaired) electrons. The first kappa shape index (κ1) is 13.0. The number of nitrogens with zero attached hydrogens (tertiary/aromatic N) is 1. The van der Waals surface area contributed by atoms with Crippen LogP contribution in [0.4, 0.5) is 0 Å². The lowest BCUT2D eigenvalue weighted by atomic mass is 10.1. The molecule has 0 aliphatic rings. The molecule has 0 aromatic heterocycles. The Hall–Kier alpha value is -1.01. The second-order valence-electron chi connectivity index (χ2n) is 4.22. The van der Waals surface area contributed by atoms with E-state index in [4.69, 9.17) is 6.42 Å². The van der Waals surface area contributed by atoms with Gasteiger partial charge in [0.1, 0.15) is 0 Å². The molecule has 0 aromatic rings. The smallest absolute Gasteiger partial charge is 0.236 e. The average Bonchev–Trinajstić information content (AvgIpc) is 2.13. The number of terminal acetylenes is 1. The maximum atomic E-state index is 11.5. The van der Waals surface area contributed by atoms with Gasteiger partial charge in [-0.15, -0.1) is 6.42 Å². The highest BCUT2D eigenvalue weighted by Crippen LogP contribution is 1.99. The first-order valence-electron chi connectivity index (χ1n) is 4.78. The predicted octanol–water partition coefficient (Wildman–Crippen LogP) is 0.855. The summed E-state index contributed by atoms with van der Waals surface area (Å²) in [6.45, 7) is 7.98. The number of hydrogen-bond donors (Lipinski definition) is 1. The van der Waals surface area contributed by atoms with Gasteiger partial charge in [0.2, 0.25) is 5.91 Å². The third-order valence-electron chi connectivity index (χ3n) is 2.21. The zero-order chi connectivity index (χ0) is 11.4. The summed E-state index contributed by atoms with van der Waals surface area (Å²) in [4.78, 5) is 13.2. The fraction of sp³-hybridized carbons (Fsp3) is 0.727. The second kappa shape index (κ2) is 5.02. The van der Waals surface area contributed by atoms with Crippen LogP contribution in [0.5, 0.6) is 0 Å². The third kappa shape index (κ3) is 4.29. The lowest BCUT2D eigenvalue weighted by molar-refractivity contribution is -0.130. The van der Waals surface area contributed by atoms with Crippen LogP contribution < -0.4 is 5.32 Å². The van der Waals surface area contributed by atoms with E-state index in [0.29, 0.717) is 0 Å². The standard InChI is InChI=1S/C11H20N2O/c1-7-11(4,5)12-8-10(14)13(6)9(2)3/h1,9,12H,8H2,2-6H3. The first-order valence-corrected chi connectivity index (χ1v) is 4.78. The van der Waals surface area contributed by atoms with Crippen LogP contribution >= 0.6 is 0 Å². The zero-order valence-electron chi connectivity index (χ0n) is 9.72. The Morgan fingerprint density at radius 1 is 1.57 bits per heavy atom. The molecular weight excluding hydrogens is 176 g/mol. The van der Waals surface area contributed by atoms with Crippen LogP contribution in [0.3, 0.4) is 0 Å². The topological polar surface area (TPSA) is 32.3 Å². The number of rotatable bonds is 4. The molecule has 1 N–H and O–H groups in total. The summed E-state index contributed by atoms with van der Waals surface area (Å²) >= 11 is 0. The van der Waals surface area contributed by atoms with E-state index in [2.05, 4.69) is 11.2 Å². The van der Waals surface area contributed by atoms with Crippen LogP contribution in [-0.2, 0) is 4.79 Å². The van der Waals surface area contributed by atoms with Crippen LogP contribution in [0.15, 0.2) is 0 Å². The highest BCUT2D eigenvalue weighted by atomic mass is 16.2. The van der Waals surface area contributed by atoms with Crippen molar-refractivity contribution in [1.82, 2.24) is 10.2 Å². The molecule has 0 heterocycles. The van der Waals surface area contributed by atoms with Crippen molar-refractivity contribution in [3.8, 4) is 12.3 Å². The van der Waals surface area contributed by atoms with E-state index in [1.807, 2.05) is 27.7 Å². The summed E-state index contributed by atoms with van der Waals surface area (Å²) in [5.74, 6) is 2.64. The first-order chi connectivity index (χ1) is 6.30. The molecule has 0 aliphatic heterocycles. The number of nitrogens with one attached hydrogen (secondary N) is 1. The molecule has 0 atom stereocenters. The summed E-state index contributed by atoms with van der Waals surface area (Å²) in [6, 6.07) is 0.221. The highest BCUT2D eigenvalue weighted by molar-refractivity contribution is 5.78. The number of hydrogen-bond acceptors (Lipinski definition) is 2. The molecule has 3 nitrogen and oxygen atoms in total. The summed E-state index contributed by atoms with van der Waals surface area (Å²) in [5, 5.41) is 3.02. The lowest BCUT2D eigenvalue weighted by Gasteiger charge is -2.25. The highest BCUT2D eigenvalue weighted by Gasteiger charge is 2.17. The van der Waals surface area contributed by atoms with Crippen LogP contribution in [-0.4, -0.2) is 36.0 Å². The Labute approximate surface area is 86.9 Å². The average molecular weight is 196 g/mol. The van der Waals surface area contributed by atoms with E-state index >= 15 is 0 Å². The minimum atomic E-state index is -0.423. The van der Waals surface area contributed by atoms with Crippen LogP contribution in [0.1, 0.15) is 27.7 Å². The maximum absolute atomic E-state index is 11.5. The van der Waals surface area contributed by atoms with Crippen molar-refractivity contribution in [2.75, 3.05) is 13.6 Å². The van der Waals surface area contributed by atoms with Gasteiger partial charge in [-0.3, -0.25) is 10.1 Å². The summed E-state index contributed by atoms with van der Waals surface area (Å²) < 4.78 is 0. The van der Waals surface area contributed by atoms with Gasteiger partial charge in [-0.25, -0.2) is 0 Å². The van der Waals surface area contributed by atoms with Crippen molar-refractivity contribution in [3.63, 3.8) is 0 Å². The van der Waals surface area contributed by atoms with E-state index in [1.165, 1.54) is 0 Å².